The molecular formula is C17H19ClN2O. The Morgan fingerprint density at radius 2 is 1.62 bits per heavy atom. The Bertz CT molecular complexity index is 593. The van der Waals surface area contributed by atoms with E-state index in [1.54, 1.807) is 0 Å². The molecule has 110 valence electrons. The number of carbonyl (C=O) groups excluding carboxylic acids is 1. The van der Waals surface area contributed by atoms with Gasteiger partial charge in [-0.15, -0.1) is 0 Å². The third kappa shape index (κ3) is 4.50. The Labute approximate surface area is 130 Å². The molecule has 1 atom stereocenters. The number of rotatable bonds is 5. The number of carbonyl (C=O) groups is 1. The van der Waals surface area contributed by atoms with E-state index in [0.29, 0.717) is 0 Å². The second kappa shape index (κ2) is 7.14. The van der Waals surface area contributed by atoms with Crippen LogP contribution in [-0.4, -0.2) is 5.91 Å². The van der Waals surface area contributed by atoms with Crippen molar-refractivity contribution in [1.29, 1.82) is 0 Å². The Morgan fingerprint density at radius 1 is 1.05 bits per heavy atom. The first-order valence-corrected chi connectivity index (χ1v) is 7.36. The van der Waals surface area contributed by atoms with Crippen LogP contribution in [0.3, 0.4) is 0 Å². The Kier molecular flexibility index (Phi) is 5.23. The van der Waals surface area contributed by atoms with Gasteiger partial charge in [0.15, 0.2) is 0 Å². The average molecular weight is 303 g/mol. The van der Waals surface area contributed by atoms with E-state index >= 15 is 0 Å². The SMILES string of the molecule is CCC(Nc1ccc(NC(C)=O)cc1)c1ccc(Cl)cc1. The molecule has 21 heavy (non-hydrogen) atoms. The lowest BCUT2D eigenvalue weighted by Gasteiger charge is -2.19. The van der Waals surface area contributed by atoms with E-state index < -0.39 is 0 Å². The molecule has 0 fully saturated rings. The van der Waals surface area contributed by atoms with Crippen molar-refractivity contribution in [3.63, 3.8) is 0 Å². The molecule has 0 bridgehead atoms. The zero-order chi connectivity index (χ0) is 15.2. The van der Waals surface area contributed by atoms with E-state index in [1.807, 2.05) is 48.5 Å². The number of nitrogens with one attached hydrogen (secondary N) is 2. The number of hydrogen-bond acceptors (Lipinski definition) is 2. The third-order valence-corrected chi connectivity index (χ3v) is 3.48. The fourth-order valence-corrected chi connectivity index (χ4v) is 2.30. The fraction of sp³-hybridized carbons (Fsp3) is 0.235. The summed E-state index contributed by atoms with van der Waals surface area (Å²) in [5, 5.41) is 6.99. The van der Waals surface area contributed by atoms with E-state index in [9.17, 15) is 4.79 Å². The summed E-state index contributed by atoms with van der Waals surface area (Å²) in [5.41, 5.74) is 3.02. The van der Waals surface area contributed by atoms with Gasteiger partial charge in [0.2, 0.25) is 5.91 Å². The summed E-state index contributed by atoms with van der Waals surface area (Å²) in [6.07, 6.45) is 0.967. The summed E-state index contributed by atoms with van der Waals surface area (Å²) in [4.78, 5) is 11.0. The van der Waals surface area contributed by atoms with Crippen LogP contribution in [0, 0.1) is 0 Å². The smallest absolute Gasteiger partial charge is 0.221 e. The highest BCUT2D eigenvalue weighted by atomic mass is 35.5. The quantitative estimate of drug-likeness (QED) is 0.828. The molecule has 2 N–H and O–H groups in total. The van der Waals surface area contributed by atoms with Crippen LogP contribution in [0.4, 0.5) is 11.4 Å². The molecule has 2 aromatic rings. The molecule has 0 spiro atoms. The molecule has 2 aromatic carbocycles. The average Bonchev–Trinajstić information content (AvgIpc) is 2.47. The first-order chi connectivity index (χ1) is 10.1. The van der Waals surface area contributed by atoms with Gasteiger partial charge in [-0.3, -0.25) is 4.79 Å². The zero-order valence-electron chi connectivity index (χ0n) is 12.2. The van der Waals surface area contributed by atoms with Gasteiger partial charge in [0.05, 0.1) is 6.04 Å². The van der Waals surface area contributed by atoms with E-state index in [1.165, 1.54) is 12.5 Å². The van der Waals surface area contributed by atoms with Crippen molar-refractivity contribution in [3.05, 3.63) is 59.1 Å². The summed E-state index contributed by atoms with van der Waals surface area (Å²) in [7, 11) is 0. The van der Waals surface area contributed by atoms with E-state index in [4.69, 9.17) is 11.6 Å². The monoisotopic (exact) mass is 302 g/mol. The van der Waals surface area contributed by atoms with Gasteiger partial charge < -0.3 is 10.6 Å². The molecule has 1 amide bonds. The van der Waals surface area contributed by atoms with Crippen LogP contribution in [0.15, 0.2) is 48.5 Å². The number of halogens is 1. The minimum Gasteiger partial charge on any atom is -0.378 e. The van der Waals surface area contributed by atoms with Gasteiger partial charge in [0.1, 0.15) is 0 Å². The number of amides is 1. The molecule has 0 heterocycles. The topological polar surface area (TPSA) is 41.1 Å². The molecule has 2 rings (SSSR count). The lowest BCUT2D eigenvalue weighted by Crippen LogP contribution is -2.10. The van der Waals surface area contributed by atoms with Crippen molar-refractivity contribution >= 4 is 28.9 Å². The summed E-state index contributed by atoms with van der Waals surface area (Å²) in [6.45, 7) is 3.64. The van der Waals surface area contributed by atoms with Crippen LogP contribution in [0.2, 0.25) is 5.02 Å². The second-order valence-corrected chi connectivity index (χ2v) is 5.35. The minimum absolute atomic E-state index is 0.0664. The lowest BCUT2D eigenvalue weighted by molar-refractivity contribution is -0.114. The van der Waals surface area contributed by atoms with Crippen LogP contribution >= 0.6 is 11.6 Å². The van der Waals surface area contributed by atoms with Gasteiger partial charge in [-0.25, -0.2) is 0 Å². The van der Waals surface area contributed by atoms with Crippen LogP contribution in [0.5, 0.6) is 0 Å². The standard InChI is InChI=1S/C17H19ClN2O/c1-3-17(13-4-6-14(18)7-5-13)20-16-10-8-15(9-11-16)19-12(2)21/h4-11,17,20H,3H2,1-2H3,(H,19,21). The minimum atomic E-state index is -0.0664. The first-order valence-electron chi connectivity index (χ1n) is 6.98. The molecule has 1 unspecified atom stereocenters. The molecule has 0 saturated heterocycles. The molecule has 0 aliphatic heterocycles. The highest BCUT2D eigenvalue weighted by molar-refractivity contribution is 6.30. The Hall–Kier alpha value is -2.00. The molecule has 4 heteroatoms. The van der Waals surface area contributed by atoms with Crippen LogP contribution < -0.4 is 10.6 Å². The van der Waals surface area contributed by atoms with Crippen molar-refractivity contribution in [2.75, 3.05) is 10.6 Å². The normalized spacial score (nSPS) is 11.8. The predicted octanol–water partition coefficient (Wildman–Crippen LogP) is 4.86. The molecule has 3 nitrogen and oxygen atoms in total. The fourth-order valence-electron chi connectivity index (χ4n) is 2.17. The molecule has 0 radical (unpaired) electrons. The summed E-state index contributed by atoms with van der Waals surface area (Å²) >= 11 is 5.92. The van der Waals surface area contributed by atoms with Crippen LogP contribution in [0.1, 0.15) is 31.9 Å². The summed E-state index contributed by atoms with van der Waals surface area (Å²) < 4.78 is 0. The Balaban J connectivity index is 2.07. The molecule has 0 aliphatic rings. The van der Waals surface area contributed by atoms with E-state index in [0.717, 1.165) is 22.8 Å². The summed E-state index contributed by atoms with van der Waals surface area (Å²) in [6, 6.07) is 15.8. The largest absolute Gasteiger partial charge is 0.378 e. The van der Waals surface area contributed by atoms with Crippen molar-refractivity contribution in [2.45, 2.75) is 26.3 Å². The summed E-state index contributed by atoms with van der Waals surface area (Å²) in [5.74, 6) is -0.0664. The van der Waals surface area contributed by atoms with Crippen molar-refractivity contribution in [3.8, 4) is 0 Å². The highest BCUT2D eigenvalue weighted by Crippen LogP contribution is 2.24. The van der Waals surface area contributed by atoms with Gasteiger partial charge in [0.25, 0.3) is 0 Å². The van der Waals surface area contributed by atoms with Crippen LogP contribution in [-0.2, 0) is 4.79 Å². The lowest BCUT2D eigenvalue weighted by atomic mass is 10.0. The molecule has 0 saturated carbocycles. The van der Waals surface area contributed by atoms with Crippen LogP contribution in [0.25, 0.3) is 0 Å². The van der Waals surface area contributed by atoms with Crippen molar-refractivity contribution in [2.24, 2.45) is 0 Å². The first kappa shape index (κ1) is 15.4. The van der Waals surface area contributed by atoms with Crippen molar-refractivity contribution < 1.29 is 4.79 Å². The van der Waals surface area contributed by atoms with E-state index in [-0.39, 0.29) is 11.9 Å². The number of anilines is 2. The maximum absolute atomic E-state index is 11.0. The predicted molar refractivity (Wildman–Crippen MR) is 88.9 cm³/mol. The maximum Gasteiger partial charge on any atom is 0.221 e. The number of hydrogen-bond donors (Lipinski definition) is 2. The van der Waals surface area contributed by atoms with Gasteiger partial charge in [-0.1, -0.05) is 30.7 Å². The van der Waals surface area contributed by atoms with Crippen molar-refractivity contribution in [1.82, 2.24) is 0 Å². The van der Waals surface area contributed by atoms with E-state index in [2.05, 4.69) is 17.6 Å². The number of benzene rings is 2. The van der Waals surface area contributed by atoms with Gasteiger partial charge in [-0.2, -0.15) is 0 Å². The molecule has 0 aromatic heterocycles. The third-order valence-electron chi connectivity index (χ3n) is 3.23. The molecular weight excluding hydrogens is 284 g/mol. The van der Waals surface area contributed by atoms with Gasteiger partial charge in [-0.05, 0) is 48.4 Å². The maximum atomic E-state index is 11.0. The molecule has 0 aliphatic carbocycles. The van der Waals surface area contributed by atoms with Gasteiger partial charge >= 0.3 is 0 Å². The zero-order valence-corrected chi connectivity index (χ0v) is 12.9. The van der Waals surface area contributed by atoms with Gasteiger partial charge in [0, 0.05) is 23.3 Å². The second-order valence-electron chi connectivity index (χ2n) is 4.92. The highest BCUT2D eigenvalue weighted by Gasteiger charge is 2.09. The Morgan fingerprint density at radius 3 is 2.14 bits per heavy atom.